The molecule has 6 bridgehead atoms. The monoisotopic (exact) mass is 786 g/mol. The van der Waals surface area contributed by atoms with Crippen LogP contribution >= 0.6 is 11.6 Å². The first-order valence-electron chi connectivity index (χ1n) is 16.5. The van der Waals surface area contributed by atoms with E-state index >= 15 is 0 Å². The van der Waals surface area contributed by atoms with E-state index in [2.05, 4.69) is 37.0 Å². The molecule has 2 amide bonds. The number of anilines is 5. The minimum Gasteiger partial charge on any atom is -0.339 e. The molecule has 0 aliphatic carbocycles. The maximum Gasteiger partial charge on any atom is 0.458 e. The third kappa shape index (κ3) is 10.8. The van der Waals surface area contributed by atoms with Crippen molar-refractivity contribution < 1.29 is 45.5 Å². The van der Waals surface area contributed by atoms with E-state index in [0.29, 0.717) is 53.8 Å². The molecule has 19 heteroatoms. The zero-order chi connectivity index (χ0) is 39.9. The number of aromatic nitrogens is 3. The van der Waals surface area contributed by atoms with Gasteiger partial charge < -0.3 is 20.9 Å². The number of alkyl halides is 6. The molecule has 0 spiro atoms. The summed E-state index contributed by atoms with van der Waals surface area (Å²) in [6.45, 7) is 1.19. The number of likely N-dealkylation sites (tertiary alicyclic amines) is 1. The quantitative estimate of drug-likeness (QED) is 0.140. The van der Waals surface area contributed by atoms with Crippen LogP contribution in [-0.4, -0.2) is 68.7 Å². The summed E-state index contributed by atoms with van der Waals surface area (Å²) in [6, 6.07) is 16.6. The Balaban J connectivity index is 0.000000418. The van der Waals surface area contributed by atoms with Gasteiger partial charge in [-0.05, 0) is 91.3 Å². The number of hydrogen-bond acceptors (Lipinski definition) is 10. The molecule has 0 atom stereocenters. The molecule has 4 aromatic rings. The van der Waals surface area contributed by atoms with Gasteiger partial charge in [-0.15, -0.1) is 0 Å². The first-order valence-corrected chi connectivity index (χ1v) is 16.8. The standard InChI is InChI=1S/C32H29ClN8O2.C4F6O2/c33-27-19-36-32-38-26-13-22(17-35-18-26)3-6-24-15-25(37-30(27)40-32)7-8-28(24)39-29(42)14-20-9-11-41(12-10-20)31(43)23-4-1-21(16-34)2-5-23;5-3(6,7)1(11)2(12)4(8,9)10/h1-2,4-5,7-8,13,15,17-20H,3,6,9-12,14H2,(H,39,42)(H2,36,37,38,40);. The number of amides is 2. The Hall–Kier alpha value is -6.09. The largest absolute Gasteiger partial charge is 0.458 e. The zero-order valence-corrected chi connectivity index (χ0v) is 29.1. The SMILES string of the molecule is N#Cc1ccc(C(=O)N2CCC(CC(=O)Nc3ccc4cc3CCc3cncc(c3)Nc3ncc(Cl)c(n3)N4)CC2)cc1.O=C(C(=O)C(F)(F)F)C(F)(F)F. The number of Topliss-reactive ketones (excluding diaryl/α,β-unsaturated/α-hetero) is 2. The molecule has 3 N–H and O–H groups in total. The maximum atomic E-state index is 13.2. The van der Waals surface area contributed by atoms with Crippen molar-refractivity contribution in [3.05, 3.63) is 94.4 Å². The van der Waals surface area contributed by atoms with Crippen LogP contribution in [0.1, 0.15) is 46.3 Å². The van der Waals surface area contributed by atoms with Crippen LogP contribution < -0.4 is 16.0 Å². The van der Waals surface area contributed by atoms with Crippen LogP contribution in [0.15, 0.2) is 67.1 Å². The molecular formula is C36H29ClF6N8O4. The highest BCUT2D eigenvalue weighted by Gasteiger charge is 2.54. The number of carbonyl (C=O) groups excluding carboxylic acids is 4. The number of fused-ring (bicyclic) bond motifs is 6. The van der Waals surface area contributed by atoms with Crippen LogP contribution in [0.4, 0.5) is 55.2 Å². The van der Waals surface area contributed by atoms with Crippen molar-refractivity contribution >= 4 is 63.8 Å². The van der Waals surface area contributed by atoms with E-state index < -0.39 is 23.9 Å². The molecule has 2 aliphatic heterocycles. The highest BCUT2D eigenvalue weighted by atomic mass is 35.5. The van der Waals surface area contributed by atoms with Crippen LogP contribution in [-0.2, 0) is 27.2 Å². The van der Waals surface area contributed by atoms with Gasteiger partial charge in [-0.25, -0.2) is 4.98 Å². The number of ketones is 2. The Morgan fingerprint density at radius 2 is 1.55 bits per heavy atom. The fraction of sp³-hybridized carbons (Fsp3) is 0.278. The summed E-state index contributed by atoms with van der Waals surface area (Å²) in [6.07, 6.45) is -3.16. The first kappa shape index (κ1) is 40.1. The second-order valence-corrected chi connectivity index (χ2v) is 12.8. The van der Waals surface area contributed by atoms with Gasteiger partial charge >= 0.3 is 23.9 Å². The zero-order valence-electron chi connectivity index (χ0n) is 28.4. The lowest BCUT2D eigenvalue weighted by Crippen LogP contribution is -2.39. The summed E-state index contributed by atoms with van der Waals surface area (Å²) < 4.78 is 67.0. The van der Waals surface area contributed by atoms with Gasteiger partial charge in [0.1, 0.15) is 5.02 Å². The molecule has 55 heavy (non-hydrogen) atoms. The summed E-state index contributed by atoms with van der Waals surface area (Å²) in [5, 5.41) is 19.0. The molecule has 4 heterocycles. The number of nitriles is 1. The molecule has 0 radical (unpaired) electrons. The predicted octanol–water partition coefficient (Wildman–Crippen LogP) is 7.11. The molecule has 6 rings (SSSR count). The van der Waals surface area contributed by atoms with Crippen molar-refractivity contribution in [1.29, 1.82) is 5.26 Å². The lowest BCUT2D eigenvalue weighted by molar-refractivity contribution is -0.193. The van der Waals surface area contributed by atoms with Crippen LogP contribution in [0.25, 0.3) is 0 Å². The van der Waals surface area contributed by atoms with Crippen LogP contribution in [0.2, 0.25) is 5.02 Å². The lowest BCUT2D eigenvalue weighted by Gasteiger charge is -2.32. The maximum absolute atomic E-state index is 13.2. The van der Waals surface area contributed by atoms with E-state index in [1.807, 2.05) is 35.4 Å². The van der Waals surface area contributed by atoms with Gasteiger partial charge in [0.25, 0.3) is 5.91 Å². The summed E-state index contributed by atoms with van der Waals surface area (Å²) in [5.74, 6) is -5.85. The normalized spacial score (nSPS) is 14.2. The Bertz CT molecular complexity index is 2110. The molecule has 286 valence electrons. The number of halogens is 7. The molecule has 2 aromatic carbocycles. The Morgan fingerprint density at radius 3 is 2.18 bits per heavy atom. The smallest absolute Gasteiger partial charge is 0.339 e. The topological polar surface area (TPSA) is 170 Å². The van der Waals surface area contributed by atoms with Crippen LogP contribution in [0.5, 0.6) is 0 Å². The van der Waals surface area contributed by atoms with Gasteiger partial charge in [0.2, 0.25) is 11.9 Å². The average Bonchev–Trinajstić information content (AvgIpc) is 3.15. The third-order valence-electron chi connectivity index (χ3n) is 8.48. The molecule has 0 unspecified atom stereocenters. The van der Waals surface area contributed by atoms with Crippen molar-refractivity contribution in [3.8, 4) is 6.07 Å². The van der Waals surface area contributed by atoms with E-state index in [1.165, 1.54) is 0 Å². The molecule has 1 fully saturated rings. The van der Waals surface area contributed by atoms with Crippen LogP contribution in [0, 0.1) is 17.2 Å². The van der Waals surface area contributed by atoms with Gasteiger partial charge in [-0.2, -0.15) is 36.6 Å². The highest BCUT2D eigenvalue weighted by molar-refractivity contribution is 6.41. The van der Waals surface area contributed by atoms with E-state index in [1.54, 1.807) is 36.7 Å². The first-order chi connectivity index (χ1) is 26.0. The highest BCUT2D eigenvalue weighted by Crippen LogP contribution is 2.30. The van der Waals surface area contributed by atoms with Crippen molar-refractivity contribution in [3.63, 3.8) is 0 Å². The predicted molar refractivity (Wildman–Crippen MR) is 187 cm³/mol. The molecule has 2 aromatic heterocycles. The Morgan fingerprint density at radius 1 is 0.873 bits per heavy atom. The summed E-state index contributed by atoms with van der Waals surface area (Å²) in [7, 11) is 0. The summed E-state index contributed by atoms with van der Waals surface area (Å²) >= 11 is 6.38. The van der Waals surface area contributed by atoms with Gasteiger partial charge in [-0.3, -0.25) is 24.2 Å². The fourth-order valence-corrected chi connectivity index (χ4v) is 5.82. The summed E-state index contributed by atoms with van der Waals surface area (Å²) in [5.41, 5.74) is 5.44. The van der Waals surface area contributed by atoms with Crippen molar-refractivity contribution in [1.82, 2.24) is 19.9 Å². The van der Waals surface area contributed by atoms with Gasteiger partial charge in [0, 0.05) is 42.6 Å². The molecular weight excluding hydrogens is 758 g/mol. The number of carbonyl (C=O) groups is 4. The number of nitrogens with one attached hydrogen (secondary N) is 3. The van der Waals surface area contributed by atoms with Gasteiger partial charge in [0.15, 0.2) is 5.82 Å². The number of hydrogen-bond donors (Lipinski definition) is 3. The van der Waals surface area contributed by atoms with E-state index in [-0.39, 0.29) is 17.7 Å². The number of piperidine rings is 1. The second kappa shape index (κ2) is 16.9. The van der Waals surface area contributed by atoms with Crippen molar-refractivity contribution in [2.45, 2.75) is 44.5 Å². The minimum absolute atomic E-state index is 0.0444. The van der Waals surface area contributed by atoms with Crippen molar-refractivity contribution in [2.75, 3.05) is 29.0 Å². The number of aryl methyl sites for hydroxylation is 2. The fourth-order valence-electron chi connectivity index (χ4n) is 5.68. The number of nitrogens with zero attached hydrogens (tertiary/aromatic N) is 5. The number of rotatable bonds is 5. The number of pyridine rings is 1. The van der Waals surface area contributed by atoms with E-state index in [9.17, 15) is 45.5 Å². The molecule has 1 saturated heterocycles. The average molecular weight is 787 g/mol. The Labute approximate surface area is 313 Å². The number of benzene rings is 2. The minimum atomic E-state index is -5.77. The van der Waals surface area contributed by atoms with E-state index in [0.717, 1.165) is 47.5 Å². The lowest BCUT2D eigenvalue weighted by atomic mass is 9.92. The van der Waals surface area contributed by atoms with Crippen LogP contribution in [0.3, 0.4) is 0 Å². The van der Waals surface area contributed by atoms with Gasteiger partial charge in [-0.1, -0.05) is 11.6 Å². The molecule has 12 nitrogen and oxygen atoms in total. The summed E-state index contributed by atoms with van der Waals surface area (Å²) in [4.78, 5) is 60.3. The molecule has 2 aliphatic rings. The second-order valence-electron chi connectivity index (χ2n) is 12.4. The van der Waals surface area contributed by atoms with Crippen molar-refractivity contribution in [2.24, 2.45) is 5.92 Å². The van der Waals surface area contributed by atoms with Gasteiger partial charge in [0.05, 0.1) is 29.7 Å². The Kier molecular flexibility index (Phi) is 12.3. The third-order valence-corrected chi connectivity index (χ3v) is 8.75. The van der Waals surface area contributed by atoms with E-state index in [4.69, 9.17) is 16.9 Å². The molecule has 0 saturated carbocycles.